The Hall–Kier alpha value is -5.12. The van der Waals surface area contributed by atoms with Gasteiger partial charge in [0.25, 0.3) is 6.47 Å². The third-order valence-electron chi connectivity index (χ3n) is 7.15. The number of rotatable bonds is 8. The molecule has 6 rings (SSSR count). The van der Waals surface area contributed by atoms with E-state index >= 15 is 0 Å². The Balaban J connectivity index is 1.29. The van der Waals surface area contributed by atoms with Gasteiger partial charge in [-0.05, 0) is 47.2 Å². The molecule has 2 aromatic heterocycles. The van der Waals surface area contributed by atoms with Crippen molar-refractivity contribution in [2.24, 2.45) is 0 Å². The number of aromatic nitrogens is 1. The van der Waals surface area contributed by atoms with Crippen molar-refractivity contribution in [3.05, 3.63) is 108 Å². The van der Waals surface area contributed by atoms with Gasteiger partial charge in [-0.15, -0.1) is 0 Å². The number of carbonyl (C=O) groups excluding carboxylic acids is 2. The van der Waals surface area contributed by atoms with E-state index in [1.807, 2.05) is 54.6 Å². The number of carbonyl (C=O) groups is 2. The SMILES string of the molecule is O=COC1(c2ccc(-c3ccc(-c4oc5nc(C(F)(F)F)ccc5c4NC(=O)OCc4ccccc4)cc3)cc2)CC1. The summed E-state index contributed by atoms with van der Waals surface area (Å²) in [6.45, 7) is 0.480. The lowest BCUT2D eigenvalue weighted by molar-refractivity contribution is -0.141. The smallest absolute Gasteiger partial charge is 0.433 e. The minimum absolute atomic E-state index is 0.00411. The summed E-state index contributed by atoms with van der Waals surface area (Å²) in [5, 5.41) is 2.83. The molecule has 0 spiro atoms. The van der Waals surface area contributed by atoms with E-state index in [-0.39, 0.29) is 29.2 Å². The number of hydrogen-bond donors (Lipinski definition) is 1. The van der Waals surface area contributed by atoms with Gasteiger partial charge in [0, 0.05) is 5.56 Å². The molecule has 0 unspecified atom stereocenters. The summed E-state index contributed by atoms with van der Waals surface area (Å²) < 4.78 is 56.4. The van der Waals surface area contributed by atoms with E-state index in [9.17, 15) is 22.8 Å². The zero-order valence-electron chi connectivity index (χ0n) is 22.0. The van der Waals surface area contributed by atoms with E-state index in [0.717, 1.165) is 41.2 Å². The first-order valence-corrected chi connectivity index (χ1v) is 13.1. The number of amides is 1. The van der Waals surface area contributed by atoms with Crippen molar-refractivity contribution in [1.82, 2.24) is 4.98 Å². The van der Waals surface area contributed by atoms with E-state index in [2.05, 4.69) is 10.3 Å². The van der Waals surface area contributed by atoms with Gasteiger partial charge in [-0.3, -0.25) is 10.1 Å². The van der Waals surface area contributed by atoms with E-state index < -0.39 is 23.6 Å². The minimum Gasteiger partial charge on any atom is -0.456 e. The van der Waals surface area contributed by atoms with Gasteiger partial charge in [0.05, 0.1) is 5.39 Å². The van der Waals surface area contributed by atoms with Crippen molar-refractivity contribution in [2.45, 2.75) is 31.2 Å². The number of ether oxygens (including phenoxy) is 2. The van der Waals surface area contributed by atoms with Gasteiger partial charge >= 0.3 is 12.3 Å². The van der Waals surface area contributed by atoms with Gasteiger partial charge in [0.2, 0.25) is 5.71 Å². The van der Waals surface area contributed by atoms with Crippen molar-refractivity contribution in [1.29, 1.82) is 0 Å². The normalized spacial score (nSPS) is 13.9. The molecule has 1 N–H and O–H groups in total. The van der Waals surface area contributed by atoms with Crippen LogP contribution in [0.1, 0.15) is 29.7 Å². The second-order valence-electron chi connectivity index (χ2n) is 9.90. The quantitative estimate of drug-likeness (QED) is 0.189. The number of alkyl halides is 3. The van der Waals surface area contributed by atoms with Crippen molar-refractivity contribution >= 4 is 29.4 Å². The number of anilines is 1. The molecule has 0 atom stereocenters. The fourth-order valence-electron chi connectivity index (χ4n) is 4.79. The highest BCUT2D eigenvalue weighted by atomic mass is 19.4. The van der Waals surface area contributed by atoms with Gasteiger partial charge in [-0.2, -0.15) is 13.2 Å². The highest BCUT2D eigenvalue weighted by Crippen LogP contribution is 2.49. The molecule has 0 radical (unpaired) electrons. The molecule has 3 aromatic carbocycles. The Labute approximate surface area is 237 Å². The maximum absolute atomic E-state index is 13.3. The average Bonchev–Trinajstić information content (AvgIpc) is 3.70. The fourth-order valence-corrected chi connectivity index (χ4v) is 4.79. The fraction of sp³-hybridized carbons (Fsp3) is 0.156. The molecule has 0 saturated heterocycles. The first-order chi connectivity index (χ1) is 20.3. The van der Waals surface area contributed by atoms with Crippen molar-refractivity contribution in [3.8, 4) is 22.5 Å². The van der Waals surface area contributed by atoms with Crippen LogP contribution in [0.15, 0.2) is 95.4 Å². The molecule has 0 bridgehead atoms. The molecule has 1 saturated carbocycles. The lowest BCUT2D eigenvalue weighted by Gasteiger charge is -2.14. The Morgan fingerprint density at radius 2 is 1.55 bits per heavy atom. The molecule has 42 heavy (non-hydrogen) atoms. The van der Waals surface area contributed by atoms with Crippen LogP contribution in [0.3, 0.4) is 0 Å². The maximum atomic E-state index is 13.3. The molecule has 212 valence electrons. The zero-order valence-corrected chi connectivity index (χ0v) is 22.0. The Morgan fingerprint density at radius 3 is 2.17 bits per heavy atom. The Morgan fingerprint density at radius 1 is 0.905 bits per heavy atom. The molecule has 1 aliphatic carbocycles. The number of nitrogens with one attached hydrogen (secondary N) is 1. The predicted octanol–water partition coefficient (Wildman–Crippen LogP) is 8.09. The van der Waals surface area contributed by atoms with Crippen LogP contribution in [0, 0.1) is 0 Å². The molecule has 1 aliphatic rings. The maximum Gasteiger partial charge on any atom is 0.433 e. The predicted molar refractivity (Wildman–Crippen MR) is 148 cm³/mol. The summed E-state index contributed by atoms with van der Waals surface area (Å²) in [4.78, 5) is 27.2. The number of furan rings is 1. The Bertz CT molecular complexity index is 1740. The third-order valence-corrected chi connectivity index (χ3v) is 7.15. The van der Waals surface area contributed by atoms with Crippen LogP contribution < -0.4 is 5.32 Å². The Kier molecular flexibility index (Phi) is 6.89. The molecule has 10 heteroatoms. The minimum atomic E-state index is -4.67. The summed E-state index contributed by atoms with van der Waals surface area (Å²) in [7, 11) is 0. The molecule has 5 aromatic rings. The molecule has 1 amide bonds. The molecule has 0 aliphatic heterocycles. The number of halogens is 3. The first-order valence-electron chi connectivity index (χ1n) is 13.1. The molecule has 2 heterocycles. The van der Waals surface area contributed by atoms with E-state index in [1.54, 1.807) is 24.3 Å². The summed E-state index contributed by atoms with van der Waals surface area (Å²) in [6, 6.07) is 25.9. The summed E-state index contributed by atoms with van der Waals surface area (Å²) in [6.07, 6.45) is -3.90. The van der Waals surface area contributed by atoms with Gasteiger partial charge in [-0.25, -0.2) is 9.78 Å². The first kappa shape index (κ1) is 27.1. The second kappa shape index (κ2) is 10.7. The zero-order chi connectivity index (χ0) is 29.3. The standard InChI is InChI=1S/C32H23F3N2O5/c33-32(34,35)26-15-14-25-27(37-30(39)40-18-20-4-2-1-3-5-20)28(42-29(25)36-26)23-8-6-21(7-9-23)22-10-12-24(13-11-22)31(16-17-31)41-19-38/h1-15,19H,16-18H2,(H,37,39). The van der Waals surface area contributed by atoms with Crippen LogP contribution in [-0.2, 0) is 32.7 Å². The van der Waals surface area contributed by atoms with Crippen LogP contribution in [0.2, 0.25) is 0 Å². The number of fused-ring (bicyclic) bond motifs is 1. The monoisotopic (exact) mass is 572 g/mol. The number of nitrogens with zero attached hydrogens (tertiary/aromatic N) is 1. The van der Waals surface area contributed by atoms with Gasteiger partial charge in [-0.1, -0.05) is 78.9 Å². The lowest BCUT2D eigenvalue weighted by atomic mass is 9.99. The number of benzene rings is 3. The van der Waals surface area contributed by atoms with E-state index in [1.165, 1.54) is 6.07 Å². The van der Waals surface area contributed by atoms with E-state index in [4.69, 9.17) is 13.9 Å². The summed E-state index contributed by atoms with van der Waals surface area (Å²) in [5.74, 6) is 0.136. The highest BCUT2D eigenvalue weighted by molar-refractivity contribution is 6.04. The topological polar surface area (TPSA) is 90.7 Å². The van der Waals surface area contributed by atoms with Crippen molar-refractivity contribution in [2.75, 3.05) is 5.32 Å². The van der Waals surface area contributed by atoms with Crippen LogP contribution >= 0.6 is 0 Å². The van der Waals surface area contributed by atoms with Crippen LogP contribution in [-0.4, -0.2) is 17.5 Å². The van der Waals surface area contributed by atoms with Crippen molar-refractivity contribution < 1.29 is 36.7 Å². The molecule has 7 nitrogen and oxygen atoms in total. The van der Waals surface area contributed by atoms with Gasteiger partial charge in [0.1, 0.15) is 23.6 Å². The van der Waals surface area contributed by atoms with Crippen LogP contribution in [0.5, 0.6) is 0 Å². The highest BCUT2D eigenvalue weighted by Gasteiger charge is 2.46. The average molecular weight is 573 g/mol. The number of hydrogen-bond acceptors (Lipinski definition) is 6. The second-order valence-corrected chi connectivity index (χ2v) is 9.90. The third kappa shape index (κ3) is 5.43. The van der Waals surface area contributed by atoms with Crippen molar-refractivity contribution in [3.63, 3.8) is 0 Å². The number of pyridine rings is 1. The van der Waals surface area contributed by atoms with E-state index in [0.29, 0.717) is 12.0 Å². The van der Waals surface area contributed by atoms with Crippen LogP contribution in [0.4, 0.5) is 23.7 Å². The molecular formula is C32H23F3N2O5. The van der Waals surface area contributed by atoms with Gasteiger partial charge in [0.15, 0.2) is 5.76 Å². The summed E-state index contributed by atoms with van der Waals surface area (Å²) >= 11 is 0. The van der Waals surface area contributed by atoms with Crippen LogP contribution in [0.25, 0.3) is 33.6 Å². The lowest BCUT2D eigenvalue weighted by Crippen LogP contribution is -2.14. The largest absolute Gasteiger partial charge is 0.456 e. The molecular weight excluding hydrogens is 549 g/mol. The van der Waals surface area contributed by atoms with Gasteiger partial charge < -0.3 is 13.9 Å². The molecule has 1 fully saturated rings. The summed E-state index contributed by atoms with van der Waals surface area (Å²) in [5.41, 5.74) is 2.22.